The average molecular weight is 296 g/mol. The number of carbonyl (C=O) groups is 1. The molecule has 2 aromatic heterocycles. The summed E-state index contributed by atoms with van der Waals surface area (Å²) in [6.07, 6.45) is 1.86. The Labute approximate surface area is 127 Å². The van der Waals surface area contributed by atoms with E-state index in [1.807, 2.05) is 49.3 Å². The van der Waals surface area contributed by atoms with Crippen LogP contribution in [0.5, 0.6) is 0 Å². The average Bonchev–Trinajstić information content (AvgIpc) is 2.91. The van der Waals surface area contributed by atoms with Crippen LogP contribution in [-0.4, -0.2) is 30.1 Å². The maximum atomic E-state index is 12.1. The van der Waals surface area contributed by atoms with Gasteiger partial charge in [-0.3, -0.25) is 4.79 Å². The third kappa shape index (κ3) is 2.90. The van der Waals surface area contributed by atoms with E-state index in [1.165, 1.54) is 0 Å². The fourth-order valence-electron chi connectivity index (χ4n) is 2.13. The minimum atomic E-state index is -0.177. The number of fused-ring (bicyclic) bond motifs is 1. The summed E-state index contributed by atoms with van der Waals surface area (Å²) in [5.74, 6) is 0.340. The van der Waals surface area contributed by atoms with Crippen LogP contribution in [0.2, 0.25) is 0 Å². The Morgan fingerprint density at radius 2 is 2.05 bits per heavy atom. The number of rotatable bonds is 4. The molecule has 0 atom stereocenters. The lowest BCUT2D eigenvalue weighted by Gasteiger charge is -2.12. The van der Waals surface area contributed by atoms with Crippen LogP contribution in [0.4, 0.5) is 11.5 Å². The fourth-order valence-corrected chi connectivity index (χ4v) is 2.13. The molecule has 0 fully saturated rings. The van der Waals surface area contributed by atoms with Gasteiger partial charge in [-0.25, -0.2) is 4.98 Å². The summed E-state index contributed by atoms with van der Waals surface area (Å²) < 4.78 is 5.19. The van der Waals surface area contributed by atoms with E-state index in [0.29, 0.717) is 17.1 Å². The van der Waals surface area contributed by atoms with Gasteiger partial charge in [0.25, 0.3) is 0 Å². The maximum absolute atomic E-state index is 12.1. The van der Waals surface area contributed by atoms with Crippen molar-refractivity contribution in [3.8, 4) is 0 Å². The Hall–Kier alpha value is -2.89. The van der Waals surface area contributed by atoms with Crippen LogP contribution in [0.15, 0.2) is 47.1 Å². The first-order chi connectivity index (χ1) is 10.6. The van der Waals surface area contributed by atoms with Crippen LogP contribution in [0.25, 0.3) is 11.0 Å². The van der Waals surface area contributed by atoms with Crippen molar-refractivity contribution in [3.63, 3.8) is 0 Å². The molecule has 0 saturated carbocycles. The van der Waals surface area contributed by atoms with Crippen molar-refractivity contribution in [2.45, 2.75) is 6.42 Å². The van der Waals surface area contributed by atoms with Crippen molar-refractivity contribution < 1.29 is 9.32 Å². The van der Waals surface area contributed by atoms with E-state index in [2.05, 4.69) is 15.5 Å². The molecule has 2 heterocycles. The van der Waals surface area contributed by atoms with Gasteiger partial charge < -0.3 is 14.7 Å². The first kappa shape index (κ1) is 14.1. The molecule has 3 aromatic rings. The molecule has 0 aliphatic rings. The number of hydrogen-bond donors (Lipinski definition) is 1. The molecule has 0 saturated heterocycles. The highest BCUT2D eigenvalue weighted by atomic mass is 16.5. The predicted molar refractivity (Wildman–Crippen MR) is 84.9 cm³/mol. The number of amides is 1. The Bertz CT molecular complexity index is 793. The number of benzene rings is 1. The molecule has 0 unspecified atom stereocenters. The lowest BCUT2D eigenvalue weighted by atomic mass is 10.1. The van der Waals surface area contributed by atoms with Crippen LogP contribution in [0, 0.1) is 0 Å². The maximum Gasteiger partial charge on any atom is 0.231 e. The summed E-state index contributed by atoms with van der Waals surface area (Å²) in [5.41, 5.74) is 2.28. The highest BCUT2D eigenvalue weighted by Crippen LogP contribution is 2.18. The second kappa shape index (κ2) is 5.85. The van der Waals surface area contributed by atoms with E-state index in [-0.39, 0.29) is 12.3 Å². The largest absolute Gasteiger partial charge is 0.376 e. The normalized spacial score (nSPS) is 10.6. The van der Waals surface area contributed by atoms with Crippen molar-refractivity contribution in [2.24, 2.45) is 0 Å². The fraction of sp³-hybridized carbons (Fsp3) is 0.188. The standard InChI is InChI=1S/C16H16N4O2/c1-20(2)11-7-8-15(17-10-11)18-16(21)9-13-12-5-3-4-6-14(12)22-19-13/h3-8,10H,9H2,1-2H3,(H,17,18,21). The van der Waals surface area contributed by atoms with Gasteiger partial charge in [0.05, 0.1) is 18.3 Å². The van der Waals surface area contributed by atoms with Crippen molar-refractivity contribution >= 4 is 28.4 Å². The lowest BCUT2D eigenvalue weighted by molar-refractivity contribution is -0.115. The Morgan fingerprint density at radius 3 is 2.77 bits per heavy atom. The molecular weight excluding hydrogens is 280 g/mol. The van der Waals surface area contributed by atoms with Gasteiger partial charge in [-0.1, -0.05) is 17.3 Å². The van der Waals surface area contributed by atoms with Crippen LogP contribution in [-0.2, 0) is 11.2 Å². The second-order valence-corrected chi connectivity index (χ2v) is 5.15. The number of nitrogens with one attached hydrogen (secondary N) is 1. The van der Waals surface area contributed by atoms with E-state index >= 15 is 0 Å². The Morgan fingerprint density at radius 1 is 1.23 bits per heavy atom. The van der Waals surface area contributed by atoms with Crippen molar-refractivity contribution in [2.75, 3.05) is 24.3 Å². The van der Waals surface area contributed by atoms with E-state index in [1.54, 1.807) is 12.3 Å². The molecule has 3 rings (SSSR count). The highest BCUT2D eigenvalue weighted by Gasteiger charge is 2.12. The molecule has 0 aliphatic carbocycles. The first-order valence-corrected chi connectivity index (χ1v) is 6.90. The van der Waals surface area contributed by atoms with Crippen molar-refractivity contribution in [3.05, 3.63) is 48.3 Å². The summed E-state index contributed by atoms with van der Waals surface area (Å²) in [6, 6.07) is 11.1. The van der Waals surface area contributed by atoms with E-state index in [0.717, 1.165) is 11.1 Å². The molecule has 112 valence electrons. The molecular formula is C16H16N4O2. The third-order valence-corrected chi connectivity index (χ3v) is 3.31. The van der Waals surface area contributed by atoms with Crippen LogP contribution >= 0.6 is 0 Å². The molecule has 6 heteroatoms. The first-order valence-electron chi connectivity index (χ1n) is 6.90. The van der Waals surface area contributed by atoms with Gasteiger partial charge in [0.2, 0.25) is 5.91 Å². The van der Waals surface area contributed by atoms with Gasteiger partial charge in [-0.05, 0) is 24.3 Å². The molecule has 0 radical (unpaired) electrons. The van der Waals surface area contributed by atoms with E-state index in [4.69, 9.17) is 4.52 Å². The molecule has 0 bridgehead atoms. The van der Waals surface area contributed by atoms with Gasteiger partial charge in [0.1, 0.15) is 11.5 Å². The zero-order valence-corrected chi connectivity index (χ0v) is 12.4. The highest BCUT2D eigenvalue weighted by molar-refractivity contribution is 5.94. The van der Waals surface area contributed by atoms with E-state index < -0.39 is 0 Å². The number of hydrogen-bond acceptors (Lipinski definition) is 5. The predicted octanol–water partition coefficient (Wildman–Crippen LogP) is 2.47. The Kier molecular flexibility index (Phi) is 3.74. The van der Waals surface area contributed by atoms with Crippen LogP contribution in [0.3, 0.4) is 0 Å². The number of nitrogens with zero attached hydrogens (tertiary/aromatic N) is 3. The van der Waals surface area contributed by atoms with Gasteiger partial charge >= 0.3 is 0 Å². The molecule has 22 heavy (non-hydrogen) atoms. The third-order valence-electron chi connectivity index (χ3n) is 3.31. The van der Waals surface area contributed by atoms with Crippen LogP contribution < -0.4 is 10.2 Å². The summed E-state index contributed by atoms with van der Waals surface area (Å²) >= 11 is 0. The number of anilines is 2. The lowest BCUT2D eigenvalue weighted by Crippen LogP contribution is -2.16. The topological polar surface area (TPSA) is 71.3 Å². The zero-order chi connectivity index (χ0) is 15.5. The van der Waals surface area contributed by atoms with Gasteiger partial charge in [-0.2, -0.15) is 0 Å². The van der Waals surface area contributed by atoms with Crippen LogP contribution in [0.1, 0.15) is 5.69 Å². The van der Waals surface area contributed by atoms with Crippen molar-refractivity contribution in [1.29, 1.82) is 0 Å². The molecule has 0 aliphatic heterocycles. The smallest absolute Gasteiger partial charge is 0.231 e. The molecule has 1 aromatic carbocycles. The number of carbonyl (C=O) groups excluding carboxylic acids is 1. The van der Waals surface area contributed by atoms with Crippen molar-refractivity contribution in [1.82, 2.24) is 10.1 Å². The Balaban J connectivity index is 1.69. The quantitative estimate of drug-likeness (QED) is 0.801. The van der Waals surface area contributed by atoms with Gasteiger partial charge in [0.15, 0.2) is 5.58 Å². The van der Waals surface area contributed by atoms with Gasteiger partial charge in [0, 0.05) is 19.5 Å². The zero-order valence-electron chi connectivity index (χ0n) is 12.4. The second-order valence-electron chi connectivity index (χ2n) is 5.15. The van der Waals surface area contributed by atoms with E-state index in [9.17, 15) is 4.79 Å². The summed E-state index contributed by atoms with van der Waals surface area (Å²) in [5, 5.41) is 7.57. The number of para-hydroxylation sites is 1. The molecule has 1 N–H and O–H groups in total. The monoisotopic (exact) mass is 296 g/mol. The summed E-state index contributed by atoms with van der Waals surface area (Å²) in [6.45, 7) is 0. The number of aromatic nitrogens is 2. The summed E-state index contributed by atoms with van der Waals surface area (Å²) in [7, 11) is 3.87. The summed E-state index contributed by atoms with van der Waals surface area (Å²) in [4.78, 5) is 18.3. The molecule has 0 spiro atoms. The minimum absolute atomic E-state index is 0.147. The van der Waals surface area contributed by atoms with Gasteiger partial charge in [-0.15, -0.1) is 0 Å². The number of pyridine rings is 1. The minimum Gasteiger partial charge on any atom is -0.376 e. The molecule has 1 amide bonds. The molecule has 6 nitrogen and oxygen atoms in total. The SMILES string of the molecule is CN(C)c1ccc(NC(=O)Cc2noc3ccccc23)nc1.